The van der Waals surface area contributed by atoms with Crippen LogP contribution in [0.5, 0.6) is 5.88 Å². The van der Waals surface area contributed by atoms with Gasteiger partial charge in [-0.1, -0.05) is 54.6 Å². The van der Waals surface area contributed by atoms with Crippen molar-refractivity contribution in [3.05, 3.63) is 96.2 Å². The molecule has 0 aliphatic heterocycles. The normalized spacial score (nSPS) is 16.4. The Morgan fingerprint density at radius 3 is 2.24 bits per heavy atom. The molecule has 0 radical (unpaired) electrons. The minimum Gasteiger partial charge on any atom is -0.472 e. The van der Waals surface area contributed by atoms with Gasteiger partial charge in [0, 0.05) is 43.9 Å². The van der Waals surface area contributed by atoms with Gasteiger partial charge in [-0.3, -0.25) is 14.5 Å². The smallest absolute Gasteiger partial charge is 0.240 e. The van der Waals surface area contributed by atoms with Crippen molar-refractivity contribution in [2.75, 3.05) is 30.4 Å². The van der Waals surface area contributed by atoms with Crippen LogP contribution in [-0.2, 0) is 22.6 Å². The molecule has 0 spiro atoms. The standard InChI is InChI=1S/C37H42N10O3/c1-46(2)37-40-22-31(35(41-37)50-23-26-6-4-3-5-7-26)27-12-8-24(9-13-27)20-32(33(39)48)47(36(49)29-14-10-25(21-38)11-15-29)30-18-16-28(17-19-30)34-42-44-45-43-34/h3-9,12-13,16-19,22,25,29,32H,10-11,14-15,20-21,23,38H2,1-2H3,(H2,39,48)(H,42,43,44,45)/t25?,29?,32-/m0/s1. The van der Waals surface area contributed by atoms with Crippen LogP contribution in [0.2, 0.25) is 0 Å². The van der Waals surface area contributed by atoms with E-state index in [0.29, 0.717) is 55.3 Å². The van der Waals surface area contributed by atoms with Crippen molar-refractivity contribution in [3.8, 4) is 28.4 Å². The molecular formula is C37H42N10O3. The van der Waals surface area contributed by atoms with Gasteiger partial charge >= 0.3 is 0 Å². The maximum atomic E-state index is 14.3. The fourth-order valence-corrected chi connectivity index (χ4v) is 6.33. The van der Waals surface area contributed by atoms with Crippen molar-refractivity contribution in [1.82, 2.24) is 30.6 Å². The summed E-state index contributed by atoms with van der Waals surface area (Å²) in [5.41, 5.74) is 16.7. The number of primary amides is 1. The van der Waals surface area contributed by atoms with Gasteiger partial charge in [0.15, 0.2) is 0 Å². The third-order valence-corrected chi connectivity index (χ3v) is 9.21. The number of tetrazole rings is 1. The van der Waals surface area contributed by atoms with Gasteiger partial charge in [-0.2, -0.15) is 10.2 Å². The number of hydrogen-bond donors (Lipinski definition) is 3. The second-order valence-electron chi connectivity index (χ2n) is 12.8. The van der Waals surface area contributed by atoms with Crippen molar-refractivity contribution < 1.29 is 14.3 Å². The molecular weight excluding hydrogens is 632 g/mol. The highest BCUT2D eigenvalue weighted by Gasteiger charge is 2.36. The van der Waals surface area contributed by atoms with Gasteiger partial charge in [-0.15, -0.1) is 10.2 Å². The molecule has 2 heterocycles. The third kappa shape index (κ3) is 7.95. The molecule has 6 rings (SSSR count). The average Bonchev–Trinajstić information content (AvgIpc) is 3.70. The molecule has 3 aromatic carbocycles. The summed E-state index contributed by atoms with van der Waals surface area (Å²) in [5.74, 6) is 0.872. The average molecular weight is 675 g/mol. The molecule has 258 valence electrons. The molecule has 5 N–H and O–H groups in total. The first kappa shape index (κ1) is 34.2. The number of nitrogens with zero attached hydrogens (tertiary/aromatic N) is 7. The van der Waals surface area contributed by atoms with Crippen LogP contribution in [-0.4, -0.2) is 69.1 Å². The minimum absolute atomic E-state index is 0.119. The maximum absolute atomic E-state index is 14.3. The van der Waals surface area contributed by atoms with Crippen molar-refractivity contribution in [3.63, 3.8) is 0 Å². The lowest BCUT2D eigenvalue weighted by Crippen LogP contribution is -2.52. The van der Waals surface area contributed by atoms with Crippen molar-refractivity contribution >= 4 is 23.5 Å². The van der Waals surface area contributed by atoms with Crippen molar-refractivity contribution in [1.29, 1.82) is 0 Å². The Bertz CT molecular complexity index is 1860. The van der Waals surface area contributed by atoms with Gasteiger partial charge in [0.05, 0.1) is 5.56 Å². The van der Waals surface area contributed by atoms with E-state index in [9.17, 15) is 9.59 Å². The van der Waals surface area contributed by atoms with E-state index >= 15 is 0 Å². The number of nitrogens with two attached hydrogens (primary N) is 2. The Morgan fingerprint density at radius 1 is 0.920 bits per heavy atom. The summed E-state index contributed by atoms with van der Waals surface area (Å²) in [6.45, 7) is 0.957. The topological polar surface area (TPSA) is 182 Å². The Kier molecular flexibility index (Phi) is 10.7. The molecule has 1 fully saturated rings. The Balaban J connectivity index is 1.27. The first-order valence-electron chi connectivity index (χ1n) is 16.8. The van der Waals surface area contributed by atoms with Crippen LogP contribution in [0.25, 0.3) is 22.5 Å². The molecule has 1 atom stereocenters. The number of benzene rings is 3. The first-order chi connectivity index (χ1) is 24.3. The van der Waals surface area contributed by atoms with Crippen LogP contribution in [0.1, 0.15) is 36.8 Å². The second kappa shape index (κ2) is 15.7. The fraction of sp³-hybridized carbons (Fsp3) is 0.324. The SMILES string of the molecule is CN(C)c1ncc(-c2ccc(C[C@@H](C(N)=O)N(C(=O)C3CCC(CN)CC3)c3ccc(-c4nn[nH]n4)cc3)cc2)c(OCc2ccccc2)n1. The van der Waals surface area contributed by atoms with E-state index < -0.39 is 11.9 Å². The van der Waals surface area contributed by atoms with E-state index in [1.807, 2.05) is 73.6 Å². The lowest BCUT2D eigenvalue weighted by molar-refractivity contribution is -0.127. The Hall–Kier alpha value is -5.69. The Morgan fingerprint density at radius 2 is 1.62 bits per heavy atom. The largest absolute Gasteiger partial charge is 0.472 e. The van der Waals surface area contributed by atoms with Crippen molar-refractivity contribution in [2.24, 2.45) is 23.3 Å². The number of aromatic nitrogens is 6. The highest BCUT2D eigenvalue weighted by atomic mass is 16.5. The quantitative estimate of drug-likeness (QED) is 0.164. The number of rotatable bonds is 13. The molecule has 13 nitrogen and oxygen atoms in total. The van der Waals surface area contributed by atoms with Gasteiger partial charge in [-0.05, 0) is 84.3 Å². The lowest BCUT2D eigenvalue weighted by atomic mass is 9.81. The number of carbonyl (C=O) groups is 2. The molecule has 50 heavy (non-hydrogen) atoms. The summed E-state index contributed by atoms with van der Waals surface area (Å²) in [7, 11) is 3.75. The molecule has 1 saturated carbocycles. The lowest BCUT2D eigenvalue weighted by Gasteiger charge is -2.35. The molecule has 0 bridgehead atoms. The number of H-pyrrole nitrogens is 1. The number of ether oxygens (including phenoxy) is 1. The highest BCUT2D eigenvalue weighted by molar-refractivity contribution is 6.01. The monoisotopic (exact) mass is 674 g/mol. The highest BCUT2D eigenvalue weighted by Crippen LogP contribution is 2.34. The second-order valence-corrected chi connectivity index (χ2v) is 12.8. The van der Waals surface area contributed by atoms with Gasteiger partial charge in [0.2, 0.25) is 29.5 Å². The number of carbonyl (C=O) groups excluding carboxylic acids is 2. The summed E-state index contributed by atoms with van der Waals surface area (Å²) in [6.07, 6.45) is 5.14. The number of amides is 2. The van der Waals surface area contributed by atoms with E-state index in [1.165, 1.54) is 0 Å². The number of hydrogen-bond acceptors (Lipinski definition) is 10. The zero-order valence-corrected chi connectivity index (χ0v) is 28.3. The summed E-state index contributed by atoms with van der Waals surface area (Å²) < 4.78 is 6.20. The minimum atomic E-state index is -0.927. The van der Waals surface area contributed by atoms with E-state index in [4.69, 9.17) is 16.2 Å². The summed E-state index contributed by atoms with van der Waals surface area (Å²) >= 11 is 0. The molecule has 1 aliphatic carbocycles. The van der Waals surface area contributed by atoms with Crippen LogP contribution in [0.15, 0.2) is 85.1 Å². The van der Waals surface area contributed by atoms with Gasteiger partial charge in [0.1, 0.15) is 12.6 Å². The molecule has 1 aliphatic rings. The Labute approximate surface area is 291 Å². The predicted molar refractivity (Wildman–Crippen MR) is 191 cm³/mol. The molecule has 0 unspecified atom stereocenters. The van der Waals surface area contributed by atoms with Gasteiger partial charge in [-0.25, -0.2) is 4.98 Å². The molecule has 2 aromatic heterocycles. The molecule has 2 amide bonds. The third-order valence-electron chi connectivity index (χ3n) is 9.21. The van der Waals surface area contributed by atoms with E-state index in [2.05, 4.69) is 30.6 Å². The van der Waals surface area contributed by atoms with Gasteiger partial charge in [0.25, 0.3) is 0 Å². The number of nitrogens with one attached hydrogen (secondary N) is 1. The summed E-state index contributed by atoms with van der Waals surface area (Å²) in [5, 5.41) is 14.2. The van der Waals surface area contributed by atoms with Crippen LogP contribution in [0.3, 0.4) is 0 Å². The number of aromatic amines is 1. The van der Waals surface area contributed by atoms with E-state index in [0.717, 1.165) is 40.7 Å². The van der Waals surface area contributed by atoms with Crippen LogP contribution in [0, 0.1) is 11.8 Å². The molecule has 5 aromatic rings. The maximum Gasteiger partial charge on any atom is 0.240 e. The zero-order valence-electron chi connectivity index (χ0n) is 28.3. The van der Waals surface area contributed by atoms with Crippen LogP contribution in [0.4, 0.5) is 11.6 Å². The van der Waals surface area contributed by atoms with Gasteiger partial charge < -0.3 is 21.1 Å². The van der Waals surface area contributed by atoms with Crippen molar-refractivity contribution in [2.45, 2.75) is 44.8 Å². The van der Waals surface area contributed by atoms with Crippen LogP contribution < -0.4 is 26.0 Å². The predicted octanol–water partition coefficient (Wildman–Crippen LogP) is 4.16. The number of anilines is 2. The zero-order chi connectivity index (χ0) is 35.0. The first-order valence-corrected chi connectivity index (χ1v) is 16.8. The fourth-order valence-electron chi connectivity index (χ4n) is 6.33. The van der Waals surface area contributed by atoms with E-state index in [1.54, 1.807) is 35.4 Å². The van der Waals surface area contributed by atoms with E-state index in [-0.39, 0.29) is 18.2 Å². The summed E-state index contributed by atoms with van der Waals surface area (Å²) in [6, 6.07) is 23.9. The summed E-state index contributed by atoms with van der Waals surface area (Å²) in [4.78, 5) is 40.1. The molecule has 13 heteroatoms. The molecule has 0 saturated heterocycles. The van der Waals surface area contributed by atoms with Crippen LogP contribution >= 0.6 is 0 Å².